The van der Waals surface area contributed by atoms with Crippen LogP contribution in [0.3, 0.4) is 0 Å². The Bertz CT molecular complexity index is 677. The third kappa shape index (κ3) is 3.65. The average molecular weight is 327 g/mol. The lowest BCUT2D eigenvalue weighted by Crippen LogP contribution is -2.47. The first-order valence-corrected chi connectivity index (χ1v) is 8.07. The Morgan fingerprint density at radius 2 is 1.88 bits per heavy atom. The quantitative estimate of drug-likeness (QED) is 0.875. The second kappa shape index (κ2) is 7.31. The fourth-order valence-corrected chi connectivity index (χ4v) is 3.04. The third-order valence-electron chi connectivity index (χ3n) is 4.37. The Morgan fingerprint density at radius 3 is 2.46 bits per heavy atom. The molecular formula is C18H21N3O3. The molecular weight excluding hydrogens is 306 g/mol. The van der Waals surface area contributed by atoms with Crippen molar-refractivity contribution in [2.24, 2.45) is 5.73 Å². The van der Waals surface area contributed by atoms with Crippen LogP contribution in [0.1, 0.15) is 34.8 Å². The molecule has 3 N–H and O–H groups in total. The van der Waals surface area contributed by atoms with Gasteiger partial charge in [-0.3, -0.25) is 14.9 Å². The summed E-state index contributed by atoms with van der Waals surface area (Å²) in [6.07, 6.45) is 4.52. The summed E-state index contributed by atoms with van der Waals surface area (Å²) in [6, 6.07) is 10.8. The number of amides is 2. The molecule has 0 unspecified atom stereocenters. The number of benzene rings is 1. The second-order valence-electron chi connectivity index (χ2n) is 5.99. The number of furan rings is 1. The molecule has 6 nitrogen and oxygen atoms in total. The Hall–Kier alpha value is -2.60. The fraction of sp³-hybridized carbons (Fsp3) is 0.333. The molecule has 0 spiro atoms. The lowest BCUT2D eigenvalue weighted by molar-refractivity contribution is -0.120. The maximum Gasteiger partial charge on any atom is 0.257 e. The summed E-state index contributed by atoms with van der Waals surface area (Å²) in [7, 11) is 0. The van der Waals surface area contributed by atoms with Gasteiger partial charge in [-0.05, 0) is 24.5 Å². The monoisotopic (exact) mass is 327 g/mol. The van der Waals surface area contributed by atoms with E-state index in [0.29, 0.717) is 18.7 Å². The van der Waals surface area contributed by atoms with Crippen LogP contribution in [0.25, 0.3) is 0 Å². The van der Waals surface area contributed by atoms with E-state index in [1.54, 1.807) is 6.07 Å². The number of hydrogen-bond donors (Lipinski definition) is 2. The van der Waals surface area contributed by atoms with E-state index >= 15 is 0 Å². The molecule has 126 valence electrons. The second-order valence-corrected chi connectivity index (χ2v) is 5.99. The van der Waals surface area contributed by atoms with E-state index in [4.69, 9.17) is 10.2 Å². The van der Waals surface area contributed by atoms with Gasteiger partial charge in [0.15, 0.2) is 0 Å². The maximum absolute atomic E-state index is 12.3. The normalized spacial score (nSPS) is 16.8. The van der Waals surface area contributed by atoms with Crippen molar-refractivity contribution >= 4 is 11.8 Å². The molecule has 1 saturated heterocycles. The van der Waals surface area contributed by atoms with Gasteiger partial charge in [0.05, 0.1) is 11.8 Å². The number of nitrogens with zero attached hydrogens (tertiary/aromatic N) is 1. The molecule has 3 rings (SSSR count). The Balaban J connectivity index is 1.58. The SMILES string of the molecule is NC(=O)[C@@H](NC1CCN(C(=O)c2ccoc2)CC1)c1ccccc1. The molecule has 1 aromatic heterocycles. The van der Waals surface area contributed by atoms with Gasteiger partial charge in [0.2, 0.25) is 5.91 Å². The summed E-state index contributed by atoms with van der Waals surface area (Å²) in [4.78, 5) is 25.9. The fourth-order valence-electron chi connectivity index (χ4n) is 3.04. The van der Waals surface area contributed by atoms with Crippen LogP contribution in [0.5, 0.6) is 0 Å². The number of primary amides is 1. The molecule has 2 amide bonds. The molecule has 2 aromatic rings. The predicted molar refractivity (Wildman–Crippen MR) is 89.1 cm³/mol. The molecule has 1 atom stereocenters. The first kappa shape index (κ1) is 16.3. The maximum atomic E-state index is 12.3. The minimum atomic E-state index is -0.507. The molecule has 1 fully saturated rings. The van der Waals surface area contributed by atoms with Gasteiger partial charge in [0.1, 0.15) is 12.3 Å². The minimum absolute atomic E-state index is 0.0169. The van der Waals surface area contributed by atoms with Crippen molar-refractivity contribution in [3.05, 3.63) is 60.1 Å². The van der Waals surface area contributed by atoms with E-state index < -0.39 is 11.9 Å². The van der Waals surface area contributed by atoms with Gasteiger partial charge in [0, 0.05) is 19.1 Å². The molecule has 2 heterocycles. The Morgan fingerprint density at radius 1 is 1.17 bits per heavy atom. The molecule has 0 aliphatic carbocycles. The number of carbonyl (C=O) groups is 2. The van der Waals surface area contributed by atoms with Gasteiger partial charge >= 0.3 is 0 Å². The van der Waals surface area contributed by atoms with E-state index in [2.05, 4.69) is 5.32 Å². The summed E-state index contributed by atoms with van der Waals surface area (Å²) in [6.45, 7) is 1.28. The first-order chi connectivity index (χ1) is 11.6. The van der Waals surface area contributed by atoms with Gasteiger partial charge in [-0.25, -0.2) is 0 Å². The van der Waals surface area contributed by atoms with Crippen molar-refractivity contribution in [2.45, 2.75) is 24.9 Å². The number of carbonyl (C=O) groups excluding carboxylic acids is 2. The largest absolute Gasteiger partial charge is 0.472 e. The summed E-state index contributed by atoms with van der Waals surface area (Å²) in [5.41, 5.74) is 6.98. The Labute approximate surface area is 140 Å². The molecule has 1 aliphatic heterocycles. The standard InChI is InChI=1S/C18H21N3O3/c19-17(22)16(13-4-2-1-3-5-13)20-15-6-9-21(10-7-15)18(23)14-8-11-24-12-14/h1-5,8,11-12,15-16,20H,6-7,9-10H2,(H2,19,22)/t16-/m0/s1. The predicted octanol–water partition coefficient (Wildman–Crippen LogP) is 1.70. The highest BCUT2D eigenvalue weighted by atomic mass is 16.3. The molecule has 0 saturated carbocycles. The zero-order valence-electron chi connectivity index (χ0n) is 13.4. The summed E-state index contributed by atoms with van der Waals surface area (Å²) < 4.78 is 4.96. The topological polar surface area (TPSA) is 88.6 Å². The molecule has 6 heteroatoms. The number of nitrogens with one attached hydrogen (secondary N) is 1. The van der Waals surface area contributed by atoms with Crippen molar-refractivity contribution in [1.29, 1.82) is 0 Å². The van der Waals surface area contributed by atoms with Gasteiger partial charge in [-0.2, -0.15) is 0 Å². The van der Waals surface area contributed by atoms with Crippen LogP contribution in [-0.2, 0) is 4.79 Å². The van der Waals surface area contributed by atoms with E-state index in [1.807, 2.05) is 35.2 Å². The zero-order chi connectivity index (χ0) is 16.9. The van der Waals surface area contributed by atoms with Gasteiger partial charge in [-0.1, -0.05) is 30.3 Å². The lowest BCUT2D eigenvalue weighted by Gasteiger charge is -2.34. The van der Waals surface area contributed by atoms with Crippen molar-refractivity contribution in [3.8, 4) is 0 Å². The van der Waals surface area contributed by atoms with Crippen LogP contribution in [0.4, 0.5) is 0 Å². The summed E-state index contributed by atoms with van der Waals surface area (Å²) in [5.74, 6) is -0.408. The summed E-state index contributed by atoms with van der Waals surface area (Å²) in [5, 5.41) is 3.33. The van der Waals surface area contributed by atoms with Crippen LogP contribution in [-0.4, -0.2) is 35.8 Å². The average Bonchev–Trinajstić information content (AvgIpc) is 3.15. The molecule has 0 radical (unpaired) electrons. The van der Waals surface area contributed by atoms with E-state index in [9.17, 15) is 9.59 Å². The Kier molecular flexibility index (Phi) is 4.96. The highest BCUT2D eigenvalue weighted by molar-refractivity contribution is 5.93. The van der Waals surface area contributed by atoms with Crippen LogP contribution < -0.4 is 11.1 Å². The number of hydrogen-bond acceptors (Lipinski definition) is 4. The highest BCUT2D eigenvalue weighted by Gasteiger charge is 2.27. The van der Waals surface area contributed by atoms with Crippen LogP contribution in [0.15, 0.2) is 53.3 Å². The van der Waals surface area contributed by atoms with Crippen LogP contribution >= 0.6 is 0 Å². The number of rotatable bonds is 5. The number of likely N-dealkylation sites (tertiary alicyclic amines) is 1. The van der Waals surface area contributed by atoms with Crippen molar-refractivity contribution in [3.63, 3.8) is 0 Å². The number of nitrogens with two attached hydrogens (primary N) is 1. The van der Waals surface area contributed by atoms with Crippen molar-refractivity contribution in [1.82, 2.24) is 10.2 Å². The van der Waals surface area contributed by atoms with Crippen LogP contribution in [0, 0.1) is 0 Å². The van der Waals surface area contributed by atoms with Crippen LogP contribution in [0.2, 0.25) is 0 Å². The first-order valence-electron chi connectivity index (χ1n) is 8.07. The molecule has 0 bridgehead atoms. The van der Waals surface area contributed by atoms with Gasteiger partial charge < -0.3 is 15.1 Å². The highest BCUT2D eigenvalue weighted by Crippen LogP contribution is 2.19. The van der Waals surface area contributed by atoms with Gasteiger partial charge in [-0.15, -0.1) is 0 Å². The summed E-state index contributed by atoms with van der Waals surface area (Å²) >= 11 is 0. The van der Waals surface area contributed by atoms with E-state index in [0.717, 1.165) is 18.4 Å². The number of piperidine rings is 1. The molecule has 1 aromatic carbocycles. The van der Waals surface area contributed by atoms with E-state index in [-0.39, 0.29) is 11.9 Å². The lowest BCUT2D eigenvalue weighted by atomic mass is 10.00. The molecule has 1 aliphatic rings. The minimum Gasteiger partial charge on any atom is -0.472 e. The van der Waals surface area contributed by atoms with Crippen molar-refractivity contribution < 1.29 is 14.0 Å². The zero-order valence-corrected chi connectivity index (χ0v) is 13.4. The van der Waals surface area contributed by atoms with Crippen molar-refractivity contribution in [2.75, 3.05) is 13.1 Å². The van der Waals surface area contributed by atoms with E-state index in [1.165, 1.54) is 12.5 Å². The smallest absolute Gasteiger partial charge is 0.257 e. The molecule has 24 heavy (non-hydrogen) atoms. The van der Waals surface area contributed by atoms with Gasteiger partial charge in [0.25, 0.3) is 5.91 Å². The third-order valence-corrected chi connectivity index (χ3v) is 4.37.